The summed E-state index contributed by atoms with van der Waals surface area (Å²) in [6, 6.07) is 6.73. The Morgan fingerprint density at radius 3 is 2.43 bits per heavy atom. The van der Waals surface area contributed by atoms with Crippen molar-refractivity contribution in [1.29, 1.82) is 0 Å². The maximum absolute atomic E-state index is 14.9. The van der Waals surface area contributed by atoms with E-state index in [-0.39, 0.29) is 18.3 Å². The Balaban J connectivity index is 1.99. The van der Waals surface area contributed by atoms with Crippen LogP contribution in [-0.4, -0.2) is 50.6 Å². The molecule has 0 saturated carbocycles. The summed E-state index contributed by atoms with van der Waals surface area (Å²) in [5, 5.41) is 3.74. The number of ether oxygens (including phenoxy) is 4. The molecule has 0 radical (unpaired) electrons. The lowest BCUT2D eigenvalue weighted by Crippen LogP contribution is -2.25. The number of nitrogens with one attached hydrogen (secondary N) is 1. The van der Waals surface area contributed by atoms with Gasteiger partial charge in [-0.15, -0.1) is 0 Å². The number of nitrogens with zero attached hydrogens (tertiary/aromatic N) is 2. The number of fused-ring (bicyclic) bond motifs is 1. The molecule has 3 rings (SSSR count). The summed E-state index contributed by atoms with van der Waals surface area (Å²) in [7, 11) is 4.65. The van der Waals surface area contributed by atoms with Crippen LogP contribution in [0, 0.1) is 12.7 Å². The number of aromatic nitrogens is 2. The number of rotatable bonds is 11. The molecule has 0 aliphatic carbocycles. The zero-order valence-electron chi connectivity index (χ0n) is 20.6. The van der Waals surface area contributed by atoms with Crippen molar-refractivity contribution in [3.63, 3.8) is 0 Å². The molecule has 190 valence electrons. The van der Waals surface area contributed by atoms with Gasteiger partial charge in [0.15, 0.2) is 11.5 Å². The number of aryl methyl sites for hydroxylation is 1. The van der Waals surface area contributed by atoms with Crippen LogP contribution in [0.25, 0.3) is 10.9 Å². The van der Waals surface area contributed by atoms with Crippen LogP contribution in [0.3, 0.4) is 0 Å². The van der Waals surface area contributed by atoms with Gasteiger partial charge in [0.25, 0.3) is 5.92 Å². The molecule has 35 heavy (non-hydrogen) atoms. The number of anilines is 1. The molecular weight excluding hydrogens is 463 g/mol. The van der Waals surface area contributed by atoms with Crippen molar-refractivity contribution in [3.05, 3.63) is 53.1 Å². The predicted octanol–water partition coefficient (Wildman–Crippen LogP) is 5.41. The van der Waals surface area contributed by atoms with Crippen LogP contribution in [-0.2, 0) is 15.4 Å². The number of benzene rings is 2. The first-order valence-corrected chi connectivity index (χ1v) is 11.0. The smallest absolute Gasteiger partial charge is 0.273 e. The van der Waals surface area contributed by atoms with Gasteiger partial charge < -0.3 is 24.3 Å². The van der Waals surface area contributed by atoms with Gasteiger partial charge in [0.1, 0.15) is 30.2 Å². The summed E-state index contributed by atoms with van der Waals surface area (Å²) in [5.41, 5.74) is 0.0170. The van der Waals surface area contributed by atoms with E-state index < -0.39 is 23.3 Å². The quantitative estimate of drug-likeness (QED) is 0.383. The third-order valence-corrected chi connectivity index (χ3v) is 5.52. The molecule has 0 aliphatic rings. The van der Waals surface area contributed by atoms with Crippen LogP contribution < -0.4 is 14.8 Å². The van der Waals surface area contributed by atoms with E-state index in [9.17, 15) is 13.2 Å². The molecule has 10 heteroatoms. The van der Waals surface area contributed by atoms with Crippen LogP contribution >= 0.6 is 0 Å². The van der Waals surface area contributed by atoms with E-state index in [0.717, 1.165) is 6.07 Å². The van der Waals surface area contributed by atoms with Crippen molar-refractivity contribution in [3.8, 4) is 11.5 Å². The Labute approximate surface area is 202 Å². The molecule has 1 N–H and O–H groups in total. The van der Waals surface area contributed by atoms with Crippen LogP contribution in [0.15, 0.2) is 30.3 Å². The van der Waals surface area contributed by atoms with Gasteiger partial charge in [-0.25, -0.2) is 23.1 Å². The van der Waals surface area contributed by atoms with E-state index in [0.29, 0.717) is 47.6 Å². The predicted molar refractivity (Wildman–Crippen MR) is 127 cm³/mol. The average Bonchev–Trinajstić information content (AvgIpc) is 2.80. The molecule has 1 heterocycles. The van der Waals surface area contributed by atoms with Gasteiger partial charge in [0.05, 0.1) is 30.8 Å². The minimum absolute atomic E-state index is 0.0981. The molecule has 0 bridgehead atoms. The van der Waals surface area contributed by atoms with Gasteiger partial charge in [-0.2, -0.15) is 0 Å². The van der Waals surface area contributed by atoms with Crippen molar-refractivity contribution < 1.29 is 32.1 Å². The van der Waals surface area contributed by atoms with Gasteiger partial charge in [-0.1, -0.05) is 18.2 Å². The molecule has 0 amide bonds. The molecule has 2 atom stereocenters. The Morgan fingerprint density at radius 1 is 1.06 bits per heavy atom. The highest BCUT2D eigenvalue weighted by molar-refractivity contribution is 5.92. The number of alkyl halides is 2. The third kappa shape index (κ3) is 6.12. The lowest BCUT2D eigenvalue weighted by atomic mass is 10.0. The second-order valence-corrected chi connectivity index (χ2v) is 8.23. The Kier molecular flexibility index (Phi) is 8.39. The molecule has 2 aromatic carbocycles. The first-order chi connectivity index (χ1) is 16.6. The molecular formula is C25H30F3N3O4. The average molecular weight is 494 g/mol. The zero-order chi connectivity index (χ0) is 25.8. The maximum Gasteiger partial charge on any atom is 0.273 e. The van der Waals surface area contributed by atoms with E-state index in [2.05, 4.69) is 15.3 Å². The summed E-state index contributed by atoms with van der Waals surface area (Å²) in [4.78, 5) is 8.94. The van der Waals surface area contributed by atoms with Gasteiger partial charge >= 0.3 is 0 Å². The van der Waals surface area contributed by atoms with E-state index in [4.69, 9.17) is 18.9 Å². The first kappa shape index (κ1) is 26.5. The monoisotopic (exact) mass is 493 g/mol. The Hall–Kier alpha value is -3.11. The molecule has 3 aromatic rings. The van der Waals surface area contributed by atoms with Crippen molar-refractivity contribution in [2.45, 2.75) is 38.8 Å². The maximum atomic E-state index is 14.9. The number of methoxy groups -OCH3 is 3. The van der Waals surface area contributed by atoms with E-state index >= 15 is 0 Å². The van der Waals surface area contributed by atoms with Gasteiger partial charge in [0, 0.05) is 38.2 Å². The molecule has 0 fully saturated rings. The summed E-state index contributed by atoms with van der Waals surface area (Å²) < 4.78 is 64.5. The lowest BCUT2D eigenvalue weighted by molar-refractivity contribution is 0.000451. The summed E-state index contributed by atoms with van der Waals surface area (Å²) in [5.74, 6) is -2.49. The highest BCUT2D eigenvalue weighted by Gasteiger charge is 2.30. The number of hydrogen-bond acceptors (Lipinski definition) is 7. The first-order valence-electron chi connectivity index (χ1n) is 11.0. The molecule has 1 aromatic heterocycles. The summed E-state index contributed by atoms with van der Waals surface area (Å²) in [6.07, 6.45) is -0.292. The second-order valence-electron chi connectivity index (χ2n) is 8.23. The second kappa shape index (κ2) is 11.1. The SMILES string of the molecule is COCC(COc1cc2c(N[C@H](C)c3cccc(C(C)(F)F)c3F)nc(C)nc2cc1OC)OC. The van der Waals surface area contributed by atoms with Gasteiger partial charge in [0.2, 0.25) is 0 Å². The normalized spacial score (nSPS) is 13.5. The van der Waals surface area contributed by atoms with Crippen molar-refractivity contribution >= 4 is 16.7 Å². The molecule has 7 nitrogen and oxygen atoms in total. The fourth-order valence-corrected chi connectivity index (χ4v) is 3.69. The molecule has 0 aliphatic heterocycles. The van der Waals surface area contributed by atoms with Crippen molar-refractivity contribution in [2.75, 3.05) is 39.9 Å². The minimum atomic E-state index is -3.30. The van der Waals surface area contributed by atoms with E-state index in [1.807, 2.05) is 0 Å². The van der Waals surface area contributed by atoms with Crippen LogP contribution in [0.2, 0.25) is 0 Å². The highest BCUT2D eigenvalue weighted by atomic mass is 19.3. The number of hydrogen-bond donors (Lipinski definition) is 1. The topological polar surface area (TPSA) is 74.7 Å². The zero-order valence-corrected chi connectivity index (χ0v) is 20.6. The Morgan fingerprint density at radius 2 is 1.80 bits per heavy atom. The fraction of sp³-hybridized carbons (Fsp3) is 0.440. The molecule has 0 saturated heterocycles. The Bertz CT molecular complexity index is 1170. The third-order valence-electron chi connectivity index (χ3n) is 5.52. The lowest BCUT2D eigenvalue weighted by Gasteiger charge is -2.21. The van der Waals surface area contributed by atoms with Crippen LogP contribution in [0.5, 0.6) is 11.5 Å². The van der Waals surface area contributed by atoms with E-state index in [1.54, 1.807) is 40.2 Å². The van der Waals surface area contributed by atoms with E-state index in [1.165, 1.54) is 19.2 Å². The van der Waals surface area contributed by atoms with Crippen LogP contribution in [0.1, 0.15) is 36.8 Å². The number of halogens is 3. The highest BCUT2D eigenvalue weighted by Crippen LogP contribution is 2.37. The fourth-order valence-electron chi connectivity index (χ4n) is 3.69. The minimum Gasteiger partial charge on any atom is -0.493 e. The van der Waals surface area contributed by atoms with Crippen molar-refractivity contribution in [2.24, 2.45) is 0 Å². The standard InChI is InChI=1S/C25H30F3N3O4/c1-14(17-8-7-9-19(23(17)26)25(3,27)28)29-24-18-10-22(35-13-16(33-5)12-32-4)21(34-6)11-20(18)30-15(2)31-24/h7-11,14,16H,12-13H2,1-6H3,(H,29,30,31)/t14-,16?/m1/s1. The summed E-state index contributed by atoms with van der Waals surface area (Å²) in [6.45, 7) is 4.62. The van der Waals surface area contributed by atoms with Gasteiger partial charge in [-0.3, -0.25) is 0 Å². The molecule has 0 spiro atoms. The van der Waals surface area contributed by atoms with Crippen molar-refractivity contribution in [1.82, 2.24) is 9.97 Å². The largest absolute Gasteiger partial charge is 0.493 e. The summed E-state index contributed by atoms with van der Waals surface area (Å²) >= 11 is 0. The van der Waals surface area contributed by atoms with Gasteiger partial charge in [-0.05, 0) is 19.9 Å². The van der Waals surface area contributed by atoms with Crippen LogP contribution in [0.4, 0.5) is 19.0 Å². The molecule has 1 unspecified atom stereocenters.